The fourth-order valence-corrected chi connectivity index (χ4v) is 0.552. The van der Waals surface area contributed by atoms with Crippen LogP contribution in [0.1, 0.15) is 2.85 Å². The standard InChI is InChI=1S/C5H2N2O3.2K.2H/c6-1-7-2-3(8)5(10)4(2)9;;;;/h7-8H;;;;/q;2*+1;2*-1. The van der Waals surface area contributed by atoms with Crippen molar-refractivity contribution in [2.45, 2.75) is 0 Å². The van der Waals surface area contributed by atoms with E-state index in [1.54, 1.807) is 0 Å². The second kappa shape index (κ2) is 6.83. The van der Waals surface area contributed by atoms with E-state index in [4.69, 9.17) is 10.4 Å². The molecule has 0 aliphatic rings. The van der Waals surface area contributed by atoms with Crippen LogP contribution in [0, 0.1) is 11.5 Å². The first-order chi connectivity index (χ1) is 4.68. The van der Waals surface area contributed by atoms with Crippen LogP contribution in [-0.2, 0) is 0 Å². The molecule has 0 unspecified atom stereocenters. The molecule has 7 heteroatoms. The minimum absolute atomic E-state index is 0. The summed E-state index contributed by atoms with van der Waals surface area (Å²) in [6, 6.07) is 0. The number of nitriles is 1. The van der Waals surface area contributed by atoms with E-state index in [-0.39, 0.29) is 111 Å². The second-order valence-corrected chi connectivity index (χ2v) is 1.62. The van der Waals surface area contributed by atoms with Crippen LogP contribution in [0.15, 0.2) is 9.59 Å². The minimum Gasteiger partial charge on any atom is -1.00 e. The van der Waals surface area contributed by atoms with Gasteiger partial charge in [0.1, 0.15) is 5.69 Å². The van der Waals surface area contributed by atoms with Crippen molar-refractivity contribution < 1.29 is 111 Å². The normalized spacial score (nSPS) is 7.58. The summed E-state index contributed by atoms with van der Waals surface area (Å²) in [5.41, 5.74) is -2.11. The van der Waals surface area contributed by atoms with Crippen molar-refractivity contribution in [3.8, 4) is 11.9 Å². The van der Waals surface area contributed by atoms with Crippen molar-refractivity contribution in [1.82, 2.24) is 0 Å². The number of rotatable bonds is 1. The average Bonchev–Trinajstić information content (AvgIpc) is 1.98. The van der Waals surface area contributed by atoms with Gasteiger partial charge in [-0.1, -0.05) is 0 Å². The van der Waals surface area contributed by atoms with Crippen molar-refractivity contribution >= 4 is 5.69 Å². The molecule has 5 nitrogen and oxygen atoms in total. The van der Waals surface area contributed by atoms with Gasteiger partial charge in [0.05, 0.1) is 0 Å². The van der Waals surface area contributed by atoms with Crippen LogP contribution in [-0.4, -0.2) is 5.11 Å². The number of nitrogens with zero attached hydrogens (tertiary/aromatic N) is 1. The van der Waals surface area contributed by atoms with Crippen molar-refractivity contribution in [3.05, 3.63) is 20.4 Å². The summed E-state index contributed by atoms with van der Waals surface area (Å²) in [6.45, 7) is 0. The molecule has 1 aromatic carbocycles. The van der Waals surface area contributed by atoms with Crippen LogP contribution >= 0.6 is 0 Å². The molecule has 0 heterocycles. The molecule has 12 heavy (non-hydrogen) atoms. The van der Waals surface area contributed by atoms with E-state index >= 15 is 0 Å². The van der Waals surface area contributed by atoms with Crippen LogP contribution in [0.2, 0.25) is 0 Å². The monoisotopic (exact) mass is 218 g/mol. The summed E-state index contributed by atoms with van der Waals surface area (Å²) >= 11 is 0. The molecule has 0 amide bonds. The third-order valence-electron chi connectivity index (χ3n) is 1.07. The Balaban J connectivity index is -0.000000125. The maximum absolute atomic E-state index is 10.4. The molecule has 1 aromatic rings. The summed E-state index contributed by atoms with van der Waals surface area (Å²) in [7, 11) is 0. The predicted molar refractivity (Wildman–Crippen MR) is 34.5 cm³/mol. The van der Waals surface area contributed by atoms with Crippen molar-refractivity contribution in [2.24, 2.45) is 0 Å². The van der Waals surface area contributed by atoms with E-state index in [1.807, 2.05) is 5.32 Å². The van der Waals surface area contributed by atoms with Gasteiger partial charge < -0.3 is 7.96 Å². The molecule has 0 aliphatic heterocycles. The van der Waals surface area contributed by atoms with Gasteiger partial charge in [-0.2, -0.15) is 5.26 Å². The SMILES string of the molecule is N#CNc1c(O)c(=O)c1=O.[H-].[H-].[K+].[K+]. The maximum Gasteiger partial charge on any atom is 1.00 e. The van der Waals surface area contributed by atoms with E-state index in [9.17, 15) is 9.59 Å². The molecular weight excluding hydrogens is 214 g/mol. The topological polar surface area (TPSA) is 90.2 Å². The number of hydrogen-bond donors (Lipinski definition) is 2. The van der Waals surface area contributed by atoms with Crippen LogP contribution in [0.4, 0.5) is 5.69 Å². The third kappa shape index (κ3) is 2.99. The minimum atomic E-state index is -0.947. The first kappa shape index (κ1) is 15.9. The second-order valence-electron chi connectivity index (χ2n) is 1.62. The first-order valence-electron chi connectivity index (χ1n) is 2.36. The smallest absolute Gasteiger partial charge is 1.00 e. The van der Waals surface area contributed by atoms with Crippen LogP contribution in [0.25, 0.3) is 0 Å². The van der Waals surface area contributed by atoms with Gasteiger partial charge in [-0.05, 0) is 0 Å². The molecule has 0 atom stereocenters. The number of hydrogen-bond acceptors (Lipinski definition) is 5. The maximum atomic E-state index is 10.4. The Bertz CT molecular complexity index is 383. The summed E-state index contributed by atoms with van der Waals surface area (Å²) < 4.78 is 0. The molecule has 0 bridgehead atoms. The van der Waals surface area contributed by atoms with Gasteiger partial charge in [0.15, 0.2) is 11.9 Å². The molecule has 0 aliphatic carbocycles. The molecule has 54 valence electrons. The van der Waals surface area contributed by atoms with E-state index in [0.29, 0.717) is 0 Å². The van der Waals surface area contributed by atoms with Gasteiger partial charge in [0, 0.05) is 0 Å². The largest absolute Gasteiger partial charge is 1.00 e. The Morgan fingerprint density at radius 1 is 1.33 bits per heavy atom. The molecule has 2 N–H and O–H groups in total. The van der Waals surface area contributed by atoms with Crippen LogP contribution < -0.4 is 119 Å². The zero-order valence-electron chi connectivity index (χ0n) is 8.71. The van der Waals surface area contributed by atoms with Gasteiger partial charge in [0.25, 0.3) is 10.9 Å². The quantitative estimate of drug-likeness (QED) is 0.212. The average molecular weight is 218 g/mol. The first-order valence-corrected chi connectivity index (χ1v) is 2.36. The molecule has 0 fully saturated rings. The molecule has 0 saturated heterocycles. The van der Waals surface area contributed by atoms with Crippen molar-refractivity contribution in [2.75, 3.05) is 5.32 Å². The molecule has 0 saturated carbocycles. The summed E-state index contributed by atoms with van der Waals surface area (Å²) in [5, 5.41) is 18.4. The van der Waals surface area contributed by atoms with Gasteiger partial charge in [-0.25, -0.2) is 0 Å². The molecule has 0 spiro atoms. The van der Waals surface area contributed by atoms with E-state index in [2.05, 4.69) is 0 Å². The van der Waals surface area contributed by atoms with Gasteiger partial charge >= 0.3 is 103 Å². The predicted octanol–water partition coefficient (Wildman–Crippen LogP) is -6.89. The summed E-state index contributed by atoms with van der Waals surface area (Å²) in [4.78, 5) is 20.6. The summed E-state index contributed by atoms with van der Waals surface area (Å²) in [5.74, 6) is -0.661. The Labute approximate surface area is 156 Å². The van der Waals surface area contributed by atoms with E-state index in [0.717, 1.165) is 0 Å². The Morgan fingerprint density at radius 3 is 2.17 bits per heavy atom. The Hall–Kier alpha value is 1.44. The third-order valence-corrected chi connectivity index (χ3v) is 1.07. The summed E-state index contributed by atoms with van der Waals surface area (Å²) in [6.07, 6.45) is 1.41. The van der Waals surface area contributed by atoms with Crippen molar-refractivity contribution in [1.29, 1.82) is 5.26 Å². The Morgan fingerprint density at radius 2 is 1.83 bits per heavy atom. The van der Waals surface area contributed by atoms with Crippen molar-refractivity contribution in [3.63, 3.8) is 0 Å². The molecule has 0 aromatic heterocycles. The van der Waals surface area contributed by atoms with E-state index in [1.165, 1.54) is 6.19 Å². The zero-order chi connectivity index (χ0) is 7.72. The van der Waals surface area contributed by atoms with Gasteiger partial charge in [-0.15, -0.1) is 0 Å². The van der Waals surface area contributed by atoms with Gasteiger partial charge in [0.2, 0.25) is 0 Å². The zero-order valence-corrected chi connectivity index (χ0v) is 13.0. The number of aromatic hydroxyl groups is 1. The molecule has 1 rings (SSSR count). The van der Waals surface area contributed by atoms with E-state index < -0.39 is 16.6 Å². The fourth-order valence-electron chi connectivity index (χ4n) is 0.552. The van der Waals surface area contributed by atoms with Crippen LogP contribution in [0.3, 0.4) is 0 Å². The fraction of sp³-hybridized carbons (Fsp3) is 0. The number of nitrogens with one attached hydrogen (secondary N) is 1. The van der Waals surface area contributed by atoms with Crippen LogP contribution in [0.5, 0.6) is 5.75 Å². The van der Waals surface area contributed by atoms with Gasteiger partial charge in [-0.3, -0.25) is 14.9 Å². The molecular formula is C5H4K2N2O3. The Kier molecular flexibility index (Phi) is 9.05. The molecule has 0 radical (unpaired) electrons. The number of anilines is 1.